The predicted octanol–water partition coefficient (Wildman–Crippen LogP) is 3.54. The first-order chi connectivity index (χ1) is 11.6. The van der Waals surface area contributed by atoms with Crippen LogP contribution in [0.5, 0.6) is 0 Å². The molecule has 1 aromatic carbocycles. The van der Waals surface area contributed by atoms with E-state index in [9.17, 15) is 9.18 Å². The van der Waals surface area contributed by atoms with E-state index in [-0.39, 0.29) is 35.8 Å². The number of methoxy groups -OCH3 is 1. The molecule has 2 N–H and O–H groups in total. The first-order valence-corrected chi connectivity index (χ1v) is 8.40. The second-order valence-corrected chi connectivity index (χ2v) is 5.59. The number of hydrogen-bond donors (Lipinski definition) is 2. The molecule has 0 aliphatic rings. The predicted molar refractivity (Wildman–Crippen MR) is 110 cm³/mol. The number of halogens is 2. The smallest absolute Gasteiger partial charge is 0.305 e. The Hall–Kier alpha value is -1.38. The quantitative estimate of drug-likeness (QED) is 0.193. The number of unbranched alkanes of at least 4 members (excludes halogenated alkanes) is 2. The van der Waals surface area contributed by atoms with E-state index in [1.54, 1.807) is 13.0 Å². The minimum Gasteiger partial charge on any atom is -0.469 e. The molecule has 0 radical (unpaired) electrons. The maximum atomic E-state index is 13.3. The maximum Gasteiger partial charge on any atom is 0.305 e. The van der Waals surface area contributed by atoms with E-state index in [4.69, 9.17) is 0 Å². The van der Waals surface area contributed by atoms with Crippen molar-refractivity contribution in [2.24, 2.45) is 4.99 Å². The number of hydrogen-bond acceptors (Lipinski definition) is 3. The Balaban J connectivity index is 0.00000576. The summed E-state index contributed by atoms with van der Waals surface area (Å²) in [5.41, 5.74) is 1.61. The summed E-state index contributed by atoms with van der Waals surface area (Å²) in [6.07, 6.45) is 3.21. The average Bonchev–Trinajstić information content (AvgIpc) is 2.58. The molecule has 0 saturated carbocycles. The monoisotopic (exact) mass is 465 g/mol. The fraction of sp³-hybridized carbons (Fsp3) is 0.556. The van der Waals surface area contributed by atoms with Crippen LogP contribution in [0.1, 0.15) is 43.7 Å². The van der Waals surface area contributed by atoms with Gasteiger partial charge in [-0.3, -0.25) is 4.79 Å². The maximum absolute atomic E-state index is 13.3. The summed E-state index contributed by atoms with van der Waals surface area (Å²) in [5.74, 6) is 0.389. The van der Waals surface area contributed by atoms with Crippen LogP contribution in [0.25, 0.3) is 0 Å². The van der Waals surface area contributed by atoms with Crippen molar-refractivity contribution in [2.45, 2.75) is 46.1 Å². The number of benzene rings is 1. The molecule has 0 saturated heterocycles. The Morgan fingerprint density at radius 2 is 2.00 bits per heavy atom. The Morgan fingerprint density at radius 1 is 1.24 bits per heavy atom. The van der Waals surface area contributed by atoms with Gasteiger partial charge in [-0.15, -0.1) is 24.0 Å². The Labute approximate surface area is 166 Å². The highest BCUT2D eigenvalue weighted by atomic mass is 127. The van der Waals surface area contributed by atoms with Crippen molar-refractivity contribution in [3.63, 3.8) is 0 Å². The van der Waals surface area contributed by atoms with Crippen LogP contribution in [0.3, 0.4) is 0 Å². The van der Waals surface area contributed by atoms with E-state index in [0.717, 1.165) is 43.9 Å². The highest BCUT2D eigenvalue weighted by molar-refractivity contribution is 14.0. The highest BCUT2D eigenvalue weighted by Gasteiger charge is 2.02. The van der Waals surface area contributed by atoms with Crippen molar-refractivity contribution < 1.29 is 13.9 Å². The fourth-order valence-electron chi connectivity index (χ4n) is 2.20. The summed E-state index contributed by atoms with van der Waals surface area (Å²) in [6.45, 7) is 5.82. The molecular weight excluding hydrogens is 436 g/mol. The van der Waals surface area contributed by atoms with E-state index in [1.165, 1.54) is 13.2 Å². The van der Waals surface area contributed by atoms with Crippen LogP contribution in [-0.2, 0) is 16.1 Å². The first kappa shape index (κ1) is 23.6. The van der Waals surface area contributed by atoms with Crippen LogP contribution in [0.4, 0.5) is 4.39 Å². The van der Waals surface area contributed by atoms with Gasteiger partial charge in [0.05, 0.1) is 13.7 Å². The van der Waals surface area contributed by atoms with Crippen LogP contribution in [0.15, 0.2) is 23.2 Å². The third-order valence-electron chi connectivity index (χ3n) is 3.56. The molecule has 142 valence electrons. The molecule has 7 heteroatoms. The van der Waals surface area contributed by atoms with E-state index < -0.39 is 0 Å². The number of ether oxygens (including phenoxy) is 1. The SMILES string of the molecule is CCNC(=NCc1ccc(F)c(C)c1)NCCCCCC(=O)OC.I. The Morgan fingerprint density at radius 3 is 2.64 bits per heavy atom. The third-order valence-corrected chi connectivity index (χ3v) is 3.56. The van der Waals surface area contributed by atoms with Gasteiger partial charge in [0.25, 0.3) is 0 Å². The summed E-state index contributed by atoms with van der Waals surface area (Å²) >= 11 is 0. The van der Waals surface area contributed by atoms with Gasteiger partial charge in [-0.25, -0.2) is 9.38 Å². The molecule has 0 aliphatic heterocycles. The minimum atomic E-state index is -0.195. The Kier molecular flexibility index (Phi) is 13.1. The van der Waals surface area contributed by atoms with Crippen molar-refractivity contribution in [1.82, 2.24) is 10.6 Å². The zero-order chi connectivity index (χ0) is 17.8. The molecule has 0 aliphatic carbocycles. The summed E-state index contributed by atoms with van der Waals surface area (Å²) in [5, 5.41) is 6.46. The number of carbonyl (C=O) groups is 1. The van der Waals surface area contributed by atoms with Crippen LogP contribution in [-0.4, -0.2) is 32.1 Å². The topological polar surface area (TPSA) is 62.7 Å². The van der Waals surface area contributed by atoms with Crippen LogP contribution >= 0.6 is 24.0 Å². The van der Waals surface area contributed by atoms with Crippen molar-refractivity contribution in [1.29, 1.82) is 0 Å². The molecule has 5 nitrogen and oxygen atoms in total. The molecule has 0 amide bonds. The number of aliphatic imine (C=N–C) groups is 1. The van der Waals surface area contributed by atoms with Crippen molar-refractivity contribution in [3.8, 4) is 0 Å². The third kappa shape index (κ3) is 10.3. The fourth-order valence-corrected chi connectivity index (χ4v) is 2.20. The van der Waals surface area contributed by atoms with Gasteiger partial charge in [-0.05, 0) is 43.9 Å². The zero-order valence-electron chi connectivity index (χ0n) is 15.2. The summed E-state index contributed by atoms with van der Waals surface area (Å²) in [7, 11) is 1.41. The highest BCUT2D eigenvalue weighted by Crippen LogP contribution is 2.10. The number of carbonyl (C=O) groups excluding carboxylic acids is 1. The normalized spacial score (nSPS) is 10.8. The number of guanidine groups is 1. The standard InChI is InChI=1S/C18H28FN3O2.HI/c1-4-20-18(21-11-7-5-6-8-17(23)24-3)22-13-15-9-10-16(19)14(2)12-15;/h9-10,12H,4-8,11,13H2,1-3H3,(H2,20,21,22);1H. The second-order valence-electron chi connectivity index (χ2n) is 5.59. The molecule has 0 atom stereocenters. The number of rotatable bonds is 9. The lowest BCUT2D eigenvalue weighted by molar-refractivity contribution is -0.140. The van der Waals surface area contributed by atoms with E-state index in [1.807, 2.05) is 13.0 Å². The largest absolute Gasteiger partial charge is 0.469 e. The number of nitrogens with one attached hydrogen (secondary N) is 2. The number of nitrogens with zero attached hydrogens (tertiary/aromatic N) is 1. The molecule has 1 aromatic rings. The number of esters is 1. The van der Waals surface area contributed by atoms with Crippen molar-refractivity contribution >= 4 is 35.9 Å². The lowest BCUT2D eigenvalue weighted by Gasteiger charge is -2.11. The summed E-state index contributed by atoms with van der Waals surface area (Å²) < 4.78 is 17.9. The van der Waals surface area contributed by atoms with Gasteiger partial charge in [-0.1, -0.05) is 18.6 Å². The summed E-state index contributed by atoms with van der Waals surface area (Å²) in [4.78, 5) is 15.5. The van der Waals surface area contributed by atoms with Gasteiger partial charge in [0.1, 0.15) is 5.82 Å². The van der Waals surface area contributed by atoms with Crippen LogP contribution in [0, 0.1) is 12.7 Å². The molecule has 0 fully saturated rings. The van der Waals surface area contributed by atoms with E-state index >= 15 is 0 Å². The van der Waals surface area contributed by atoms with Crippen LogP contribution < -0.4 is 10.6 Å². The minimum absolute atomic E-state index is 0. The molecule has 0 heterocycles. The second kappa shape index (κ2) is 13.9. The van der Waals surface area contributed by atoms with E-state index in [2.05, 4.69) is 20.4 Å². The lowest BCUT2D eigenvalue weighted by atomic mass is 10.1. The van der Waals surface area contributed by atoms with Gasteiger partial charge >= 0.3 is 5.97 Å². The van der Waals surface area contributed by atoms with Gasteiger partial charge in [-0.2, -0.15) is 0 Å². The molecule has 0 bridgehead atoms. The molecule has 1 rings (SSSR count). The van der Waals surface area contributed by atoms with Crippen molar-refractivity contribution in [3.05, 3.63) is 35.1 Å². The average molecular weight is 465 g/mol. The molecule has 0 spiro atoms. The lowest BCUT2D eigenvalue weighted by Crippen LogP contribution is -2.37. The van der Waals surface area contributed by atoms with Crippen molar-refractivity contribution in [2.75, 3.05) is 20.2 Å². The van der Waals surface area contributed by atoms with Gasteiger partial charge in [0.15, 0.2) is 5.96 Å². The molecule has 25 heavy (non-hydrogen) atoms. The van der Waals surface area contributed by atoms with Gasteiger partial charge in [0, 0.05) is 19.5 Å². The first-order valence-electron chi connectivity index (χ1n) is 8.40. The summed E-state index contributed by atoms with van der Waals surface area (Å²) in [6, 6.07) is 5.04. The Bertz CT molecular complexity index is 553. The van der Waals surface area contributed by atoms with Crippen LogP contribution in [0.2, 0.25) is 0 Å². The number of aryl methyl sites for hydroxylation is 1. The zero-order valence-corrected chi connectivity index (χ0v) is 17.6. The molecule has 0 aromatic heterocycles. The molecule has 0 unspecified atom stereocenters. The van der Waals surface area contributed by atoms with E-state index in [0.29, 0.717) is 18.5 Å². The van der Waals surface area contributed by atoms with Gasteiger partial charge < -0.3 is 15.4 Å². The molecular formula is C18H29FIN3O2. The van der Waals surface area contributed by atoms with Gasteiger partial charge in [0.2, 0.25) is 0 Å².